The van der Waals surface area contributed by atoms with Crippen molar-refractivity contribution in [3.8, 4) is 0 Å². The first-order valence-corrected chi connectivity index (χ1v) is 6.70. The standard InChI is InChI=1S/C14H29O/c1-3-4-5-6-7-8-9-10-11-12-13-14-15-2/h1,3-14H2,2H3. The molecule has 0 spiro atoms. The van der Waals surface area contributed by atoms with Crippen molar-refractivity contribution in [2.24, 2.45) is 0 Å². The molecular weight excluding hydrogens is 184 g/mol. The molecule has 0 atom stereocenters. The summed E-state index contributed by atoms with van der Waals surface area (Å²) in [5.74, 6) is 0. The predicted octanol–water partition coefficient (Wildman–Crippen LogP) is 4.76. The molecule has 0 saturated carbocycles. The molecule has 0 aromatic heterocycles. The minimum Gasteiger partial charge on any atom is -0.385 e. The van der Waals surface area contributed by atoms with E-state index in [4.69, 9.17) is 4.74 Å². The van der Waals surface area contributed by atoms with E-state index in [1.54, 1.807) is 7.11 Å². The lowest BCUT2D eigenvalue weighted by atomic mass is 10.1. The van der Waals surface area contributed by atoms with E-state index in [1.165, 1.54) is 64.2 Å². The van der Waals surface area contributed by atoms with Crippen molar-refractivity contribution in [1.29, 1.82) is 0 Å². The zero-order valence-corrected chi connectivity index (χ0v) is 10.6. The molecule has 0 saturated heterocycles. The van der Waals surface area contributed by atoms with Crippen LogP contribution in [0.15, 0.2) is 0 Å². The normalized spacial score (nSPS) is 10.8. The maximum absolute atomic E-state index is 5.02. The minimum atomic E-state index is 0.936. The van der Waals surface area contributed by atoms with Crippen LogP contribution in [0, 0.1) is 6.92 Å². The van der Waals surface area contributed by atoms with Crippen molar-refractivity contribution in [3.63, 3.8) is 0 Å². The Bertz CT molecular complexity index is 89.5. The van der Waals surface area contributed by atoms with Crippen molar-refractivity contribution in [3.05, 3.63) is 6.92 Å². The summed E-state index contributed by atoms with van der Waals surface area (Å²) in [4.78, 5) is 0. The zero-order chi connectivity index (χ0) is 11.2. The molecule has 1 nitrogen and oxygen atoms in total. The molecule has 0 aliphatic rings. The molecule has 1 radical (unpaired) electrons. The molecule has 0 rings (SSSR count). The van der Waals surface area contributed by atoms with Crippen LogP contribution < -0.4 is 0 Å². The van der Waals surface area contributed by atoms with Crippen LogP contribution in [0.4, 0.5) is 0 Å². The van der Waals surface area contributed by atoms with E-state index in [0.717, 1.165) is 13.0 Å². The summed E-state index contributed by atoms with van der Waals surface area (Å²) < 4.78 is 5.02. The van der Waals surface area contributed by atoms with Crippen LogP contribution in [0.5, 0.6) is 0 Å². The van der Waals surface area contributed by atoms with Crippen LogP contribution in [0.3, 0.4) is 0 Å². The summed E-state index contributed by atoms with van der Waals surface area (Å²) in [6.45, 7) is 4.79. The second kappa shape index (κ2) is 14.0. The summed E-state index contributed by atoms with van der Waals surface area (Å²) in [5.41, 5.74) is 0. The van der Waals surface area contributed by atoms with Gasteiger partial charge in [-0.3, -0.25) is 0 Å². The Kier molecular flexibility index (Phi) is 13.9. The van der Waals surface area contributed by atoms with Crippen molar-refractivity contribution >= 4 is 0 Å². The number of hydrogen-bond donors (Lipinski definition) is 0. The number of hydrogen-bond acceptors (Lipinski definition) is 1. The van der Waals surface area contributed by atoms with E-state index in [-0.39, 0.29) is 0 Å². The maximum atomic E-state index is 5.02. The second-order valence-corrected chi connectivity index (χ2v) is 4.38. The highest BCUT2D eigenvalue weighted by Gasteiger charge is 1.92. The molecule has 91 valence electrons. The van der Waals surface area contributed by atoms with E-state index in [9.17, 15) is 0 Å². The van der Waals surface area contributed by atoms with Crippen molar-refractivity contribution in [2.45, 2.75) is 70.6 Å². The molecule has 0 aliphatic carbocycles. The van der Waals surface area contributed by atoms with E-state index in [0.29, 0.717) is 0 Å². The quantitative estimate of drug-likeness (QED) is 0.425. The first-order valence-electron chi connectivity index (χ1n) is 6.70. The van der Waals surface area contributed by atoms with Gasteiger partial charge in [0.25, 0.3) is 0 Å². The van der Waals surface area contributed by atoms with Crippen molar-refractivity contribution in [1.82, 2.24) is 0 Å². The maximum Gasteiger partial charge on any atom is 0.0462 e. The summed E-state index contributed by atoms with van der Waals surface area (Å²) in [7, 11) is 1.78. The summed E-state index contributed by atoms with van der Waals surface area (Å²) in [5, 5.41) is 0. The van der Waals surface area contributed by atoms with Gasteiger partial charge in [0.2, 0.25) is 0 Å². The Balaban J connectivity index is 2.81. The SMILES string of the molecule is [CH2]CCCCCCCCCCCCOC. The lowest BCUT2D eigenvalue weighted by Crippen LogP contribution is -1.88. The van der Waals surface area contributed by atoms with Gasteiger partial charge < -0.3 is 4.74 Å². The van der Waals surface area contributed by atoms with Crippen LogP contribution in [0.1, 0.15) is 70.6 Å². The molecule has 15 heavy (non-hydrogen) atoms. The first-order chi connectivity index (χ1) is 7.41. The minimum absolute atomic E-state index is 0.936. The number of methoxy groups -OCH3 is 1. The zero-order valence-electron chi connectivity index (χ0n) is 10.6. The fourth-order valence-electron chi connectivity index (χ4n) is 1.84. The summed E-state index contributed by atoms with van der Waals surface area (Å²) in [6.07, 6.45) is 14.9. The Morgan fingerprint density at radius 3 is 1.47 bits per heavy atom. The Labute approximate surface area is 96.6 Å². The molecule has 0 bridgehead atoms. The van der Waals surface area contributed by atoms with Crippen LogP contribution in [0.25, 0.3) is 0 Å². The third-order valence-electron chi connectivity index (χ3n) is 2.85. The van der Waals surface area contributed by atoms with Crippen molar-refractivity contribution < 1.29 is 4.74 Å². The van der Waals surface area contributed by atoms with Crippen LogP contribution in [0.2, 0.25) is 0 Å². The van der Waals surface area contributed by atoms with E-state index < -0.39 is 0 Å². The fraction of sp³-hybridized carbons (Fsp3) is 0.929. The molecule has 0 aromatic carbocycles. The lowest BCUT2D eigenvalue weighted by Gasteiger charge is -2.02. The lowest BCUT2D eigenvalue weighted by molar-refractivity contribution is 0.192. The van der Waals surface area contributed by atoms with Gasteiger partial charge >= 0.3 is 0 Å². The first kappa shape index (κ1) is 15.0. The van der Waals surface area contributed by atoms with Crippen molar-refractivity contribution in [2.75, 3.05) is 13.7 Å². The van der Waals surface area contributed by atoms with E-state index >= 15 is 0 Å². The van der Waals surface area contributed by atoms with Gasteiger partial charge in [0.1, 0.15) is 0 Å². The largest absolute Gasteiger partial charge is 0.385 e. The van der Waals surface area contributed by atoms with Gasteiger partial charge in [0.05, 0.1) is 0 Å². The Morgan fingerprint density at radius 1 is 0.667 bits per heavy atom. The summed E-state index contributed by atoms with van der Waals surface area (Å²) >= 11 is 0. The van der Waals surface area contributed by atoms with Gasteiger partial charge in [0, 0.05) is 13.7 Å². The highest BCUT2D eigenvalue weighted by Crippen LogP contribution is 2.10. The number of rotatable bonds is 12. The molecule has 0 heterocycles. The Hall–Kier alpha value is -0.0400. The van der Waals surface area contributed by atoms with Gasteiger partial charge in [0.15, 0.2) is 0 Å². The van der Waals surface area contributed by atoms with Crippen LogP contribution >= 0.6 is 0 Å². The van der Waals surface area contributed by atoms with Crippen LogP contribution in [-0.2, 0) is 4.74 Å². The number of unbranched alkanes of at least 4 members (excludes halogenated alkanes) is 10. The topological polar surface area (TPSA) is 9.23 Å². The second-order valence-electron chi connectivity index (χ2n) is 4.38. The van der Waals surface area contributed by atoms with Gasteiger partial charge in [-0.1, -0.05) is 71.1 Å². The average Bonchev–Trinajstić information content (AvgIpc) is 2.26. The predicted molar refractivity (Wildman–Crippen MR) is 68.0 cm³/mol. The smallest absolute Gasteiger partial charge is 0.0462 e. The molecule has 1 heteroatoms. The Morgan fingerprint density at radius 2 is 1.07 bits per heavy atom. The average molecular weight is 213 g/mol. The molecule has 0 N–H and O–H groups in total. The van der Waals surface area contributed by atoms with Gasteiger partial charge in [-0.2, -0.15) is 0 Å². The monoisotopic (exact) mass is 213 g/mol. The van der Waals surface area contributed by atoms with E-state index in [2.05, 4.69) is 6.92 Å². The molecular formula is C14H29O. The van der Waals surface area contributed by atoms with Gasteiger partial charge in [-0.05, 0) is 6.42 Å². The highest BCUT2D eigenvalue weighted by atomic mass is 16.5. The molecule has 0 aromatic rings. The number of ether oxygens (including phenoxy) is 1. The highest BCUT2D eigenvalue weighted by molar-refractivity contribution is 4.48. The van der Waals surface area contributed by atoms with E-state index in [1.807, 2.05) is 0 Å². The molecule has 0 fully saturated rings. The molecule has 0 unspecified atom stereocenters. The third kappa shape index (κ3) is 14.0. The molecule has 0 aliphatic heterocycles. The van der Waals surface area contributed by atoms with Crippen LogP contribution in [-0.4, -0.2) is 13.7 Å². The fourth-order valence-corrected chi connectivity index (χ4v) is 1.84. The summed E-state index contributed by atoms with van der Waals surface area (Å²) in [6, 6.07) is 0. The molecule has 0 amide bonds. The third-order valence-corrected chi connectivity index (χ3v) is 2.85. The van der Waals surface area contributed by atoms with Gasteiger partial charge in [-0.25, -0.2) is 0 Å². The van der Waals surface area contributed by atoms with Gasteiger partial charge in [-0.15, -0.1) is 0 Å².